The molecule has 1 N–H and O–H groups in total. The van der Waals surface area contributed by atoms with E-state index in [2.05, 4.69) is 27.1 Å². The SMILES string of the molecule is Cc1c(C(=O)N2CC3CN(C)CC3C2)cnn1-c1nn2cccc2c(=O)[nH]1. The van der Waals surface area contributed by atoms with Crippen LogP contribution in [0.4, 0.5) is 0 Å². The molecular weight excluding hydrogens is 346 g/mol. The van der Waals surface area contributed by atoms with Crippen LogP contribution in [-0.2, 0) is 0 Å². The summed E-state index contributed by atoms with van der Waals surface area (Å²) < 4.78 is 3.02. The Labute approximate surface area is 155 Å². The summed E-state index contributed by atoms with van der Waals surface area (Å²) in [5.41, 5.74) is 1.44. The summed E-state index contributed by atoms with van der Waals surface area (Å²) in [7, 11) is 2.13. The van der Waals surface area contributed by atoms with Crippen LogP contribution in [0.15, 0.2) is 29.3 Å². The fourth-order valence-electron chi connectivity index (χ4n) is 4.42. The van der Waals surface area contributed by atoms with E-state index in [0.717, 1.165) is 26.2 Å². The Morgan fingerprint density at radius 2 is 1.96 bits per heavy atom. The van der Waals surface area contributed by atoms with E-state index in [4.69, 9.17) is 0 Å². The van der Waals surface area contributed by atoms with E-state index in [1.165, 1.54) is 9.20 Å². The quantitative estimate of drug-likeness (QED) is 0.696. The Morgan fingerprint density at radius 1 is 1.22 bits per heavy atom. The number of H-pyrrole nitrogens is 1. The van der Waals surface area contributed by atoms with Gasteiger partial charge in [0.05, 0.1) is 17.5 Å². The van der Waals surface area contributed by atoms with Crippen molar-refractivity contribution in [2.75, 3.05) is 33.2 Å². The van der Waals surface area contributed by atoms with Crippen LogP contribution in [0.25, 0.3) is 11.5 Å². The number of nitrogens with zero attached hydrogens (tertiary/aromatic N) is 6. The Morgan fingerprint density at radius 3 is 2.70 bits per heavy atom. The molecule has 2 aliphatic heterocycles. The molecule has 9 heteroatoms. The molecule has 5 heterocycles. The second-order valence-corrected chi connectivity index (χ2v) is 7.62. The van der Waals surface area contributed by atoms with Crippen molar-refractivity contribution in [2.45, 2.75) is 6.92 Å². The van der Waals surface area contributed by atoms with Crippen LogP contribution < -0.4 is 5.56 Å². The highest BCUT2D eigenvalue weighted by molar-refractivity contribution is 5.95. The average Bonchev–Trinajstić information content (AvgIpc) is 3.36. The predicted molar refractivity (Wildman–Crippen MR) is 98.1 cm³/mol. The van der Waals surface area contributed by atoms with Gasteiger partial charge < -0.3 is 9.80 Å². The molecule has 3 aromatic rings. The van der Waals surface area contributed by atoms with E-state index in [1.807, 2.05) is 11.8 Å². The maximum absolute atomic E-state index is 13.0. The lowest BCUT2D eigenvalue weighted by Crippen LogP contribution is -2.32. The Kier molecular flexibility index (Phi) is 3.48. The van der Waals surface area contributed by atoms with Gasteiger partial charge in [-0.15, -0.1) is 5.10 Å². The summed E-state index contributed by atoms with van der Waals surface area (Å²) in [6, 6.07) is 3.45. The standard InChI is InChI=1S/C18H21N7O2/c1-11-14(17(27)23-9-12-7-22(2)8-13(12)10-23)6-19-25(11)18-20-16(26)15-4-3-5-24(15)21-18/h3-6,12-13H,7-10H2,1-2H3,(H,20,21,26). The number of aromatic amines is 1. The van der Waals surface area contributed by atoms with E-state index in [9.17, 15) is 9.59 Å². The van der Waals surface area contributed by atoms with E-state index >= 15 is 0 Å². The molecule has 0 aromatic carbocycles. The van der Waals surface area contributed by atoms with Crippen molar-refractivity contribution in [1.82, 2.24) is 34.2 Å². The second-order valence-electron chi connectivity index (χ2n) is 7.62. The molecular formula is C18H21N7O2. The Hall–Kier alpha value is -2.94. The number of rotatable bonds is 2. The summed E-state index contributed by atoms with van der Waals surface area (Å²) in [6.45, 7) is 5.51. The number of likely N-dealkylation sites (tertiary alicyclic amines) is 2. The van der Waals surface area contributed by atoms with Crippen molar-refractivity contribution >= 4 is 11.4 Å². The number of carbonyl (C=O) groups excluding carboxylic acids is 1. The number of nitrogens with one attached hydrogen (secondary N) is 1. The molecule has 0 saturated carbocycles. The number of carbonyl (C=O) groups is 1. The molecule has 0 radical (unpaired) electrons. The average molecular weight is 367 g/mol. The van der Waals surface area contributed by atoms with Gasteiger partial charge >= 0.3 is 0 Å². The lowest BCUT2D eigenvalue weighted by Gasteiger charge is -2.19. The van der Waals surface area contributed by atoms with E-state index < -0.39 is 0 Å². The summed E-state index contributed by atoms with van der Waals surface area (Å²) in [5, 5.41) is 8.69. The summed E-state index contributed by atoms with van der Waals surface area (Å²) in [4.78, 5) is 32.2. The van der Waals surface area contributed by atoms with Crippen molar-refractivity contribution in [3.8, 4) is 5.95 Å². The molecule has 2 saturated heterocycles. The first-order chi connectivity index (χ1) is 13.0. The minimum atomic E-state index is -0.246. The van der Waals surface area contributed by atoms with E-state index in [1.54, 1.807) is 24.5 Å². The summed E-state index contributed by atoms with van der Waals surface area (Å²) in [5.74, 6) is 1.41. The zero-order chi connectivity index (χ0) is 18.7. The number of hydrogen-bond acceptors (Lipinski definition) is 5. The van der Waals surface area contributed by atoms with Crippen LogP contribution in [-0.4, -0.2) is 73.3 Å². The zero-order valence-corrected chi connectivity index (χ0v) is 15.3. The molecule has 2 fully saturated rings. The van der Waals surface area contributed by atoms with E-state index in [-0.39, 0.29) is 11.5 Å². The fourth-order valence-corrected chi connectivity index (χ4v) is 4.42. The summed E-state index contributed by atoms with van der Waals surface area (Å²) in [6.07, 6.45) is 3.27. The van der Waals surface area contributed by atoms with Gasteiger partial charge in [-0.3, -0.25) is 14.6 Å². The minimum absolute atomic E-state index is 0.000178. The third kappa shape index (κ3) is 2.49. The van der Waals surface area contributed by atoms with Crippen LogP contribution in [0.5, 0.6) is 0 Å². The van der Waals surface area contributed by atoms with Crippen molar-refractivity contribution in [3.05, 3.63) is 46.1 Å². The zero-order valence-electron chi connectivity index (χ0n) is 15.3. The van der Waals surface area contributed by atoms with Crippen LogP contribution >= 0.6 is 0 Å². The normalized spacial score (nSPS) is 22.7. The smallest absolute Gasteiger partial charge is 0.276 e. The first kappa shape index (κ1) is 16.2. The predicted octanol–water partition coefficient (Wildman–Crippen LogP) is 0.150. The molecule has 140 valence electrons. The van der Waals surface area contributed by atoms with Crippen LogP contribution in [0, 0.1) is 18.8 Å². The topological polar surface area (TPSA) is 91.5 Å². The van der Waals surface area contributed by atoms with Gasteiger partial charge in [-0.25, -0.2) is 9.20 Å². The van der Waals surface area contributed by atoms with Gasteiger partial charge in [0, 0.05) is 32.4 Å². The third-order valence-corrected chi connectivity index (χ3v) is 5.79. The van der Waals surface area contributed by atoms with Gasteiger partial charge in [-0.1, -0.05) is 0 Å². The van der Waals surface area contributed by atoms with Gasteiger partial charge in [0.25, 0.3) is 11.5 Å². The van der Waals surface area contributed by atoms with Gasteiger partial charge in [0.1, 0.15) is 5.52 Å². The van der Waals surface area contributed by atoms with Gasteiger partial charge in [-0.2, -0.15) is 5.10 Å². The maximum atomic E-state index is 13.0. The molecule has 0 aliphatic carbocycles. The maximum Gasteiger partial charge on any atom is 0.276 e. The Balaban J connectivity index is 1.45. The van der Waals surface area contributed by atoms with Crippen LogP contribution in [0.1, 0.15) is 16.1 Å². The molecule has 5 rings (SSSR count). The molecule has 27 heavy (non-hydrogen) atoms. The van der Waals surface area contributed by atoms with Gasteiger partial charge in [-0.05, 0) is 37.9 Å². The molecule has 2 atom stereocenters. The molecule has 1 amide bonds. The Bertz CT molecular complexity index is 1080. The van der Waals surface area contributed by atoms with Crippen LogP contribution in [0.3, 0.4) is 0 Å². The lowest BCUT2D eigenvalue weighted by molar-refractivity contribution is 0.0775. The molecule has 0 spiro atoms. The largest absolute Gasteiger partial charge is 0.338 e. The highest BCUT2D eigenvalue weighted by Crippen LogP contribution is 2.31. The molecule has 3 aromatic heterocycles. The van der Waals surface area contributed by atoms with Gasteiger partial charge in [0.2, 0.25) is 5.95 Å². The number of amides is 1. The van der Waals surface area contributed by atoms with E-state index in [0.29, 0.717) is 34.6 Å². The first-order valence-corrected chi connectivity index (χ1v) is 9.12. The number of fused-ring (bicyclic) bond motifs is 2. The minimum Gasteiger partial charge on any atom is -0.338 e. The highest BCUT2D eigenvalue weighted by Gasteiger charge is 2.41. The molecule has 2 unspecified atom stereocenters. The summed E-state index contributed by atoms with van der Waals surface area (Å²) >= 11 is 0. The van der Waals surface area contributed by atoms with Gasteiger partial charge in [0.15, 0.2) is 0 Å². The monoisotopic (exact) mass is 367 g/mol. The van der Waals surface area contributed by atoms with Crippen molar-refractivity contribution in [2.24, 2.45) is 11.8 Å². The molecule has 9 nitrogen and oxygen atoms in total. The van der Waals surface area contributed by atoms with Crippen molar-refractivity contribution in [1.29, 1.82) is 0 Å². The van der Waals surface area contributed by atoms with Crippen LogP contribution in [0.2, 0.25) is 0 Å². The third-order valence-electron chi connectivity index (χ3n) is 5.79. The highest BCUT2D eigenvalue weighted by atomic mass is 16.2. The first-order valence-electron chi connectivity index (χ1n) is 9.12. The fraction of sp³-hybridized carbons (Fsp3) is 0.444. The number of hydrogen-bond donors (Lipinski definition) is 1. The van der Waals surface area contributed by atoms with Crippen molar-refractivity contribution in [3.63, 3.8) is 0 Å². The van der Waals surface area contributed by atoms with Crippen molar-refractivity contribution < 1.29 is 4.79 Å². The molecule has 0 bridgehead atoms. The molecule has 2 aliphatic rings. The lowest BCUT2D eigenvalue weighted by atomic mass is 10.0. The number of aromatic nitrogens is 5. The second kappa shape index (κ2) is 5.78.